The zero-order valence-corrected chi connectivity index (χ0v) is 29.9. The van der Waals surface area contributed by atoms with Gasteiger partial charge in [-0.3, -0.25) is 19.5 Å². The van der Waals surface area contributed by atoms with Crippen molar-refractivity contribution in [3.05, 3.63) is 125 Å². The first-order valence-electron chi connectivity index (χ1n) is 18.4. The van der Waals surface area contributed by atoms with Gasteiger partial charge in [-0.2, -0.15) is 0 Å². The van der Waals surface area contributed by atoms with E-state index in [1.54, 1.807) is 0 Å². The summed E-state index contributed by atoms with van der Waals surface area (Å²) in [5.74, 6) is -3.93. The molecule has 0 radical (unpaired) electrons. The van der Waals surface area contributed by atoms with Crippen LogP contribution in [0.5, 0.6) is 0 Å². The highest BCUT2D eigenvalue weighted by Gasteiger charge is 2.40. The van der Waals surface area contributed by atoms with Crippen molar-refractivity contribution in [2.45, 2.75) is 69.6 Å². The van der Waals surface area contributed by atoms with Crippen molar-refractivity contribution < 1.29 is 33.1 Å². The summed E-state index contributed by atoms with van der Waals surface area (Å²) < 4.78 is 32.1. The van der Waals surface area contributed by atoms with Crippen LogP contribution in [0.2, 0.25) is 0 Å². The third-order valence-electron chi connectivity index (χ3n) is 11.0. The molecule has 2 aromatic heterocycles. The van der Waals surface area contributed by atoms with Crippen molar-refractivity contribution in [3.63, 3.8) is 0 Å². The number of pyridine rings is 1. The molecule has 280 valence electrons. The van der Waals surface area contributed by atoms with Crippen LogP contribution in [-0.4, -0.2) is 68.4 Å². The fourth-order valence-electron chi connectivity index (χ4n) is 8.08. The molecule has 10 nitrogen and oxygen atoms in total. The molecule has 5 atom stereocenters. The third-order valence-corrected chi connectivity index (χ3v) is 11.0. The lowest BCUT2D eigenvalue weighted by atomic mass is 9.86. The van der Waals surface area contributed by atoms with Crippen LogP contribution in [0.4, 0.5) is 14.5 Å². The second-order valence-corrected chi connectivity index (χ2v) is 14.3. The van der Waals surface area contributed by atoms with Crippen LogP contribution in [0.15, 0.2) is 89.6 Å². The van der Waals surface area contributed by atoms with Crippen LogP contribution < -0.4 is 11.1 Å². The fraction of sp³-hybridized carbons (Fsp3) is 0.333. The van der Waals surface area contributed by atoms with Crippen LogP contribution in [0.1, 0.15) is 77.8 Å². The highest BCUT2D eigenvalue weighted by Crippen LogP contribution is 2.42. The molecule has 1 amide bonds. The van der Waals surface area contributed by atoms with Crippen LogP contribution >= 0.6 is 0 Å². The number of nitrogens with two attached hydrogens (primary N) is 1. The van der Waals surface area contributed by atoms with E-state index in [0.29, 0.717) is 25.5 Å². The number of carboxylic acid groups (broad SMARTS) is 1. The van der Waals surface area contributed by atoms with Crippen molar-refractivity contribution >= 4 is 17.6 Å². The molecular formula is C42H43F2N5O5. The van der Waals surface area contributed by atoms with E-state index in [2.05, 4.69) is 64.8 Å². The quantitative estimate of drug-likeness (QED) is 0.129. The Bertz CT molecular complexity index is 2140. The molecule has 0 spiro atoms. The van der Waals surface area contributed by atoms with E-state index in [0.717, 1.165) is 43.1 Å². The molecule has 0 bridgehead atoms. The van der Waals surface area contributed by atoms with Gasteiger partial charge in [-0.05, 0) is 71.3 Å². The Kier molecular flexibility index (Phi) is 10.8. The van der Waals surface area contributed by atoms with Gasteiger partial charge in [-0.25, -0.2) is 8.78 Å². The molecule has 54 heavy (non-hydrogen) atoms. The molecule has 2 aliphatic carbocycles. The lowest BCUT2D eigenvalue weighted by Gasteiger charge is -2.43. The van der Waals surface area contributed by atoms with E-state index in [4.69, 9.17) is 10.3 Å². The summed E-state index contributed by atoms with van der Waals surface area (Å²) in [6, 6.07) is 22.5. The normalized spacial score (nSPS) is 21.3. The molecule has 3 aliphatic rings. The van der Waals surface area contributed by atoms with Crippen molar-refractivity contribution in [1.29, 1.82) is 0 Å². The summed E-state index contributed by atoms with van der Waals surface area (Å²) in [7, 11) is 0. The smallest absolute Gasteiger partial charge is 0.309 e. The van der Waals surface area contributed by atoms with Gasteiger partial charge in [0.1, 0.15) is 11.6 Å². The zero-order chi connectivity index (χ0) is 37.9. The molecule has 1 saturated carbocycles. The Morgan fingerprint density at radius 1 is 0.963 bits per heavy atom. The van der Waals surface area contributed by atoms with Crippen molar-refractivity contribution in [2.24, 2.45) is 5.92 Å². The van der Waals surface area contributed by atoms with Crippen LogP contribution in [0, 0.1) is 17.6 Å². The van der Waals surface area contributed by atoms with Gasteiger partial charge in [-0.15, -0.1) is 0 Å². The second kappa shape index (κ2) is 15.9. The molecule has 12 heteroatoms. The number of aromatic nitrogens is 2. The number of aliphatic hydroxyl groups is 1. The number of fused-ring (bicyclic) bond motifs is 3. The van der Waals surface area contributed by atoms with Crippen LogP contribution in [-0.2, 0) is 11.2 Å². The maximum Gasteiger partial charge on any atom is 0.309 e. The first-order chi connectivity index (χ1) is 26.1. The van der Waals surface area contributed by atoms with E-state index in [1.165, 1.54) is 39.9 Å². The third kappa shape index (κ3) is 7.62. The van der Waals surface area contributed by atoms with Crippen molar-refractivity contribution in [2.75, 3.05) is 18.8 Å². The number of anilines is 1. The maximum absolute atomic E-state index is 14.0. The molecule has 3 aromatic carbocycles. The summed E-state index contributed by atoms with van der Waals surface area (Å²) >= 11 is 0. The number of benzene rings is 3. The number of piperidine rings is 1. The fourth-order valence-corrected chi connectivity index (χ4v) is 8.08. The summed E-state index contributed by atoms with van der Waals surface area (Å²) in [4.78, 5) is 31.1. The highest BCUT2D eigenvalue weighted by atomic mass is 19.1. The number of nitrogens with zero attached hydrogens (tertiary/aromatic N) is 3. The Labute approximate surface area is 312 Å². The molecule has 2 fully saturated rings. The topological polar surface area (TPSA) is 155 Å². The number of aliphatic carboxylic acids is 1. The first-order valence-corrected chi connectivity index (χ1v) is 18.4. The standard InChI is InChI=1S/C22H25F2N3O5.C20H18N2/c23-12-5-6-13(15(24)9-12)20-10-17(26-32-20)21(29)25-16-7-8-27(11-14(16)22(30)31)18-3-1-2-4-19(18)28;1-13(19-8-4-5-11-22-19)15-9-10-17-16-7-3-2-6-14(16)12-18(17)20(15)21/h5-6,9-10,14,16,18-19,28H,1-4,7-8,11H2,(H,25,29)(H,30,31);2-11,13H,12,21H2,1H3/t14-,16-,18-,19+;13-/m10/s1. The Morgan fingerprint density at radius 2 is 1.74 bits per heavy atom. The maximum atomic E-state index is 14.0. The van der Waals surface area contributed by atoms with E-state index in [-0.39, 0.29) is 35.5 Å². The summed E-state index contributed by atoms with van der Waals surface area (Å²) in [5, 5.41) is 26.4. The van der Waals surface area contributed by atoms with E-state index < -0.39 is 41.6 Å². The molecule has 5 N–H and O–H groups in total. The number of carbonyl (C=O) groups is 2. The highest BCUT2D eigenvalue weighted by molar-refractivity contribution is 5.93. The van der Waals surface area contributed by atoms with Crippen molar-refractivity contribution in [3.8, 4) is 22.5 Å². The second-order valence-electron chi connectivity index (χ2n) is 14.3. The van der Waals surface area contributed by atoms with Crippen molar-refractivity contribution in [1.82, 2.24) is 20.4 Å². The number of nitrogen functional groups attached to an aromatic ring is 1. The minimum atomic E-state index is -1.03. The number of likely N-dealkylation sites (tertiary alicyclic amines) is 1. The SMILES string of the molecule is C[C@H](c1ccccn1)c1ccc2c(c1N)Cc1ccccc1-2.O=C(N[C@@H]1CCN([C@@H]2CCCC[C@@H]2O)C[C@H]1C(=O)O)c1cc(-c2ccc(F)cc2F)on1. The number of hydrogen-bond acceptors (Lipinski definition) is 8. The predicted molar refractivity (Wildman–Crippen MR) is 200 cm³/mol. The van der Waals surface area contributed by atoms with Gasteiger partial charge in [0.25, 0.3) is 5.91 Å². The average Bonchev–Trinajstić information content (AvgIpc) is 3.82. The molecule has 1 aliphatic heterocycles. The number of aliphatic hydroxyl groups excluding tert-OH is 1. The summed E-state index contributed by atoms with van der Waals surface area (Å²) in [6.07, 6.45) is 6.21. The number of carboxylic acids is 1. The van der Waals surface area contributed by atoms with Gasteiger partial charge in [0, 0.05) is 67.2 Å². The number of rotatable bonds is 7. The molecule has 8 rings (SSSR count). The Morgan fingerprint density at radius 3 is 2.50 bits per heavy atom. The van der Waals surface area contributed by atoms with Gasteiger partial charge < -0.3 is 25.8 Å². The van der Waals surface area contributed by atoms with E-state index in [1.807, 2.05) is 23.2 Å². The van der Waals surface area contributed by atoms with Gasteiger partial charge in [0.15, 0.2) is 11.5 Å². The molecule has 3 heterocycles. The van der Waals surface area contributed by atoms with Crippen LogP contribution in [0.25, 0.3) is 22.5 Å². The molecule has 5 aromatic rings. The van der Waals surface area contributed by atoms with E-state index >= 15 is 0 Å². The molecule has 1 saturated heterocycles. The minimum absolute atomic E-state index is 0.0384. The van der Waals surface area contributed by atoms with Gasteiger partial charge in [0.2, 0.25) is 0 Å². The van der Waals surface area contributed by atoms with Crippen LogP contribution in [0.3, 0.4) is 0 Å². The minimum Gasteiger partial charge on any atom is -0.481 e. The van der Waals surface area contributed by atoms with Gasteiger partial charge >= 0.3 is 5.97 Å². The number of nitrogens with one attached hydrogen (secondary N) is 1. The number of halogens is 2. The average molecular weight is 736 g/mol. The van der Waals surface area contributed by atoms with Gasteiger partial charge in [-0.1, -0.05) is 67.4 Å². The lowest BCUT2D eigenvalue weighted by molar-refractivity contribution is -0.145. The number of carbonyl (C=O) groups excluding carboxylic acids is 1. The zero-order valence-electron chi connectivity index (χ0n) is 29.9. The lowest BCUT2D eigenvalue weighted by Crippen LogP contribution is -2.58. The van der Waals surface area contributed by atoms with E-state index in [9.17, 15) is 28.6 Å². The van der Waals surface area contributed by atoms with Gasteiger partial charge in [0.05, 0.1) is 17.6 Å². The Balaban J connectivity index is 0.000000178. The summed E-state index contributed by atoms with van der Waals surface area (Å²) in [5.41, 5.74) is 14.7. The Hall–Kier alpha value is -5.46. The first kappa shape index (κ1) is 36.9. The number of hydrogen-bond donors (Lipinski definition) is 4. The monoisotopic (exact) mass is 735 g/mol. The largest absolute Gasteiger partial charge is 0.481 e. The number of amides is 1. The summed E-state index contributed by atoms with van der Waals surface area (Å²) in [6.45, 7) is 2.96. The molecular weight excluding hydrogens is 692 g/mol. The molecule has 0 unspecified atom stereocenters. The predicted octanol–water partition coefficient (Wildman–Crippen LogP) is 6.82.